The lowest BCUT2D eigenvalue weighted by molar-refractivity contribution is -0.116. The molecule has 0 unspecified atom stereocenters. The molecule has 2 aliphatic heterocycles. The number of likely N-dealkylation sites (tertiary alicyclic amines) is 1. The van der Waals surface area contributed by atoms with E-state index in [9.17, 15) is 9.59 Å². The first kappa shape index (κ1) is 17.0. The standard InChI is InChI=1S/C19H27N3O2/c1-19(2,3)22-10-8-15(9-11-22)20-18(24)14-4-6-16-13(12-14)5-7-17(23)21-16/h4,6,12,15H,5,7-11H2,1-3H3,(H,20,24)(H,21,23). The number of fused-ring (bicyclic) bond motifs is 1. The van der Waals surface area contributed by atoms with Crippen LogP contribution in [0.1, 0.15) is 56.0 Å². The fourth-order valence-electron chi connectivity index (χ4n) is 3.49. The summed E-state index contributed by atoms with van der Waals surface area (Å²) in [6.07, 6.45) is 3.17. The molecule has 0 aromatic heterocycles. The zero-order valence-electron chi connectivity index (χ0n) is 14.8. The van der Waals surface area contributed by atoms with Crippen molar-refractivity contribution in [3.63, 3.8) is 0 Å². The second-order valence-electron chi connectivity index (χ2n) is 7.83. The summed E-state index contributed by atoms with van der Waals surface area (Å²) in [5.74, 6) is 0.0363. The predicted octanol–water partition coefficient (Wildman–Crippen LogP) is 2.56. The first-order valence-corrected chi connectivity index (χ1v) is 8.81. The molecule has 2 N–H and O–H groups in total. The first-order chi connectivity index (χ1) is 11.3. The molecule has 2 amide bonds. The Kier molecular flexibility index (Phi) is 4.63. The number of nitrogens with zero attached hydrogens (tertiary/aromatic N) is 1. The number of amides is 2. The molecule has 130 valence electrons. The van der Waals surface area contributed by atoms with Crippen LogP contribution in [0.3, 0.4) is 0 Å². The van der Waals surface area contributed by atoms with Crippen molar-refractivity contribution < 1.29 is 9.59 Å². The Balaban J connectivity index is 1.59. The molecule has 5 heteroatoms. The highest BCUT2D eigenvalue weighted by Gasteiger charge is 2.28. The van der Waals surface area contributed by atoms with Gasteiger partial charge in [-0.25, -0.2) is 0 Å². The van der Waals surface area contributed by atoms with Gasteiger partial charge in [-0.15, -0.1) is 0 Å². The Hall–Kier alpha value is -1.88. The number of rotatable bonds is 2. The average molecular weight is 329 g/mol. The zero-order chi connectivity index (χ0) is 17.3. The third-order valence-electron chi connectivity index (χ3n) is 5.04. The lowest BCUT2D eigenvalue weighted by Crippen LogP contribution is -2.50. The Bertz CT molecular complexity index is 641. The Morgan fingerprint density at radius 3 is 2.58 bits per heavy atom. The van der Waals surface area contributed by atoms with Crippen LogP contribution in [0.4, 0.5) is 5.69 Å². The third kappa shape index (κ3) is 3.78. The number of aryl methyl sites for hydroxylation is 1. The Morgan fingerprint density at radius 1 is 1.21 bits per heavy atom. The number of piperidine rings is 1. The quantitative estimate of drug-likeness (QED) is 0.876. The van der Waals surface area contributed by atoms with Gasteiger partial charge in [0.15, 0.2) is 0 Å². The molecule has 1 fully saturated rings. The summed E-state index contributed by atoms with van der Waals surface area (Å²) < 4.78 is 0. The average Bonchev–Trinajstić information content (AvgIpc) is 2.54. The Labute approximate surface area is 143 Å². The van der Waals surface area contributed by atoms with Crippen LogP contribution in [0, 0.1) is 0 Å². The number of anilines is 1. The summed E-state index contributed by atoms with van der Waals surface area (Å²) in [4.78, 5) is 26.4. The van der Waals surface area contributed by atoms with Gasteiger partial charge in [-0.05, 0) is 63.8 Å². The van der Waals surface area contributed by atoms with Gasteiger partial charge in [0, 0.05) is 42.3 Å². The summed E-state index contributed by atoms with van der Waals surface area (Å²) in [5.41, 5.74) is 2.76. The van der Waals surface area contributed by atoms with E-state index in [1.165, 1.54) is 0 Å². The highest BCUT2D eigenvalue weighted by molar-refractivity contribution is 5.98. The summed E-state index contributed by atoms with van der Waals surface area (Å²) in [6, 6.07) is 5.79. The van der Waals surface area contributed by atoms with Gasteiger partial charge < -0.3 is 10.6 Å². The van der Waals surface area contributed by atoms with Crippen LogP contribution in [-0.4, -0.2) is 41.4 Å². The molecule has 0 bridgehead atoms. The lowest BCUT2D eigenvalue weighted by atomic mass is 9.97. The summed E-state index contributed by atoms with van der Waals surface area (Å²) in [5, 5.41) is 6.02. The molecule has 0 radical (unpaired) electrons. The van der Waals surface area contributed by atoms with E-state index in [0.717, 1.165) is 37.2 Å². The molecule has 0 atom stereocenters. The molecular formula is C19H27N3O2. The lowest BCUT2D eigenvalue weighted by Gasteiger charge is -2.41. The maximum atomic E-state index is 12.5. The van der Waals surface area contributed by atoms with E-state index in [1.807, 2.05) is 12.1 Å². The van der Waals surface area contributed by atoms with E-state index in [1.54, 1.807) is 6.07 Å². The van der Waals surface area contributed by atoms with Crippen LogP contribution in [0.15, 0.2) is 18.2 Å². The van der Waals surface area contributed by atoms with Crippen LogP contribution in [0.25, 0.3) is 0 Å². The Morgan fingerprint density at radius 2 is 1.92 bits per heavy atom. The highest BCUT2D eigenvalue weighted by Crippen LogP contribution is 2.24. The number of carbonyl (C=O) groups excluding carboxylic acids is 2. The minimum absolute atomic E-state index is 0.0103. The van der Waals surface area contributed by atoms with Crippen molar-refractivity contribution in [2.45, 2.75) is 58.0 Å². The van der Waals surface area contributed by atoms with Crippen molar-refractivity contribution in [3.05, 3.63) is 29.3 Å². The van der Waals surface area contributed by atoms with Gasteiger partial charge in [-0.1, -0.05) is 0 Å². The zero-order valence-corrected chi connectivity index (χ0v) is 14.8. The minimum Gasteiger partial charge on any atom is -0.349 e. The topological polar surface area (TPSA) is 61.4 Å². The van der Waals surface area contributed by atoms with Crippen molar-refractivity contribution in [2.75, 3.05) is 18.4 Å². The van der Waals surface area contributed by atoms with Gasteiger partial charge in [0.05, 0.1) is 0 Å². The molecule has 0 aliphatic carbocycles. The van der Waals surface area contributed by atoms with E-state index < -0.39 is 0 Å². The highest BCUT2D eigenvalue weighted by atomic mass is 16.2. The SMILES string of the molecule is CC(C)(C)N1CCC(NC(=O)c2ccc3c(c2)CCC(=O)N3)CC1. The number of hydrogen-bond acceptors (Lipinski definition) is 3. The molecule has 1 saturated heterocycles. The molecule has 2 aliphatic rings. The molecular weight excluding hydrogens is 302 g/mol. The van der Waals surface area contributed by atoms with Gasteiger partial charge in [-0.2, -0.15) is 0 Å². The number of nitrogens with one attached hydrogen (secondary N) is 2. The summed E-state index contributed by atoms with van der Waals surface area (Å²) in [7, 11) is 0. The number of benzene rings is 1. The fraction of sp³-hybridized carbons (Fsp3) is 0.579. The van der Waals surface area contributed by atoms with Crippen molar-refractivity contribution in [1.29, 1.82) is 0 Å². The largest absolute Gasteiger partial charge is 0.349 e. The normalized spacial score (nSPS) is 19.5. The van der Waals surface area contributed by atoms with Crippen molar-refractivity contribution in [3.8, 4) is 0 Å². The second kappa shape index (κ2) is 6.55. The van der Waals surface area contributed by atoms with E-state index in [-0.39, 0.29) is 23.4 Å². The molecule has 24 heavy (non-hydrogen) atoms. The van der Waals surface area contributed by atoms with E-state index in [0.29, 0.717) is 18.4 Å². The van der Waals surface area contributed by atoms with Gasteiger partial charge in [0.1, 0.15) is 0 Å². The second-order valence-corrected chi connectivity index (χ2v) is 7.83. The van der Waals surface area contributed by atoms with E-state index >= 15 is 0 Å². The molecule has 2 heterocycles. The number of hydrogen-bond donors (Lipinski definition) is 2. The van der Waals surface area contributed by atoms with Gasteiger partial charge in [0.2, 0.25) is 5.91 Å². The summed E-state index contributed by atoms with van der Waals surface area (Å²) in [6.45, 7) is 8.74. The molecule has 5 nitrogen and oxygen atoms in total. The van der Waals surface area contributed by atoms with E-state index in [2.05, 4.69) is 36.3 Å². The monoisotopic (exact) mass is 329 g/mol. The summed E-state index contributed by atoms with van der Waals surface area (Å²) >= 11 is 0. The van der Waals surface area contributed by atoms with Crippen LogP contribution in [-0.2, 0) is 11.2 Å². The molecule has 0 saturated carbocycles. The van der Waals surface area contributed by atoms with Crippen LogP contribution < -0.4 is 10.6 Å². The van der Waals surface area contributed by atoms with Crippen molar-refractivity contribution in [1.82, 2.24) is 10.2 Å². The first-order valence-electron chi connectivity index (χ1n) is 8.81. The third-order valence-corrected chi connectivity index (χ3v) is 5.04. The van der Waals surface area contributed by atoms with Crippen LogP contribution in [0.5, 0.6) is 0 Å². The fourth-order valence-corrected chi connectivity index (χ4v) is 3.49. The predicted molar refractivity (Wildman–Crippen MR) is 95.2 cm³/mol. The van der Waals surface area contributed by atoms with Crippen molar-refractivity contribution >= 4 is 17.5 Å². The number of carbonyl (C=O) groups is 2. The molecule has 3 rings (SSSR count). The van der Waals surface area contributed by atoms with Gasteiger partial charge >= 0.3 is 0 Å². The molecule has 1 aromatic rings. The smallest absolute Gasteiger partial charge is 0.251 e. The molecule has 1 aromatic carbocycles. The van der Waals surface area contributed by atoms with Crippen LogP contribution >= 0.6 is 0 Å². The van der Waals surface area contributed by atoms with E-state index in [4.69, 9.17) is 0 Å². The maximum Gasteiger partial charge on any atom is 0.251 e. The maximum absolute atomic E-state index is 12.5. The molecule has 0 spiro atoms. The van der Waals surface area contributed by atoms with Gasteiger partial charge in [-0.3, -0.25) is 14.5 Å². The van der Waals surface area contributed by atoms with Crippen LogP contribution in [0.2, 0.25) is 0 Å². The van der Waals surface area contributed by atoms with Crippen molar-refractivity contribution in [2.24, 2.45) is 0 Å². The van der Waals surface area contributed by atoms with Gasteiger partial charge in [0.25, 0.3) is 5.91 Å². The minimum atomic E-state index is -0.0103.